The number of piperazine rings is 1. The van der Waals surface area contributed by atoms with Gasteiger partial charge in [0.1, 0.15) is 0 Å². The van der Waals surface area contributed by atoms with E-state index in [4.69, 9.17) is 0 Å². The Hall–Kier alpha value is -3.21. The van der Waals surface area contributed by atoms with Gasteiger partial charge in [0.25, 0.3) is 5.91 Å². The van der Waals surface area contributed by atoms with Crippen LogP contribution in [0.3, 0.4) is 0 Å². The summed E-state index contributed by atoms with van der Waals surface area (Å²) in [5.41, 5.74) is 4.90. The van der Waals surface area contributed by atoms with Gasteiger partial charge in [-0.15, -0.1) is 11.3 Å². The van der Waals surface area contributed by atoms with Gasteiger partial charge in [0.15, 0.2) is 0 Å². The van der Waals surface area contributed by atoms with Gasteiger partial charge < -0.3 is 4.90 Å². The number of hydrogen-bond donors (Lipinski definition) is 0. The fourth-order valence-corrected chi connectivity index (χ4v) is 5.73. The monoisotopic (exact) mass is 466 g/mol. The molecule has 172 valence electrons. The van der Waals surface area contributed by atoms with E-state index in [9.17, 15) is 4.79 Å². The lowest BCUT2D eigenvalue weighted by atomic mass is 10.0. The van der Waals surface area contributed by atoms with Crippen molar-refractivity contribution in [3.05, 3.63) is 112 Å². The third-order valence-electron chi connectivity index (χ3n) is 6.53. The summed E-state index contributed by atoms with van der Waals surface area (Å²) in [4.78, 5) is 19.0. The van der Waals surface area contributed by atoms with Gasteiger partial charge in [-0.3, -0.25) is 9.69 Å². The van der Waals surface area contributed by atoms with E-state index in [0.717, 1.165) is 44.0 Å². The molecule has 0 atom stereocenters. The van der Waals surface area contributed by atoms with Crippen LogP contribution < -0.4 is 0 Å². The van der Waals surface area contributed by atoms with Crippen LogP contribution in [-0.2, 0) is 6.42 Å². The van der Waals surface area contributed by atoms with E-state index in [1.54, 1.807) is 11.3 Å². The van der Waals surface area contributed by atoms with Gasteiger partial charge in [-0.2, -0.15) is 0 Å². The van der Waals surface area contributed by atoms with Crippen molar-refractivity contribution in [2.75, 3.05) is 32.7 Å². The van der Waals surface area contributed by atoms with E-state index < -0.39 is 0 Å². The third kappa shape index (κ3) is 5.14. The molecule has 4 aromatic rings. The van der Waals surface area contributed by atoms with Crippen LogP contribution in [-0.4, -0.2) is 48.4 Å². The Morgan fingerprint density at radius 1 is 0.882 bits per heavy atom. The first kappa shape index (κ1) is 22.6. The van der Waals surface area contributed by atoms with Crippen molar-refractivity contribution in [2.45, 2.75) is 13.3 Å². The smallest absolute Gasteiger partial charge is 0.264 e. The molecule has 5 rings (SSSR count). The van der Waals surface area contributed by atoms with Crippen LogP contribution >= 0.6 is 11.3 Å². The van der Waals surface area contributed by atoms with E-state index >= 15 is 0 Å². The van der Waals surface area contributed by atoms with Crippen molar-refractivity contribution in [3.63, 3.8) is 0 Å². The van der Waals surface area contributed by atoms with E-state index in [2.05, 4.69) is 96.8 Å². The molecule has 1 amide bonds. The molecular weight excluding hydrogens is 436 g/mol. The Labute approximate surface area is 206 Å². The number of fused-ring (bicyclic) bond motifs is 1. The Morgan fingerprint density at radius 2 is 1.59 bits per heavy atom. The van der Waals surface area contributed by atoms with Gasteiger partial charge in [0.2, 0.25) is 0 Å². The molecule has 34 heavy (non-hydrogen) atoms. The lowest BCUT2D eigenvalue weighted by molar-refractivity contribution is 0.0654. The molecule has 2 heterocycles. The summed E-state index contributed by atoms with van der Waals surface area (Å²) in [5.74, 6) is 0.183. The summed E-state index contributed by atoms with van der Waals surface area (Å²) < 4.78 is 1.19. The number of amides is 1. The topological polar surface area (TPSA) is 23.6 Å². The molecule has 4 heteroatoms. The van der Waals surface area contributed by atoms with Gasteiger partial charge in [0, 0.05) is 37.4 Å². The highest BCUT2D eigenvalue weighted by atomic mass is 32.1. The lowest BCUT2D eigenvalue weighted by Crippen LogP contribution is -2.48. The molecule has 0 N–H and O–H groups in total. The zero-order chi connectivity index (χ0) is 23.3. The lowest BCUT2D eigenvalue weighted by Gasteiger charge is -2.34. The van der Waals surface area contributed by atoms with Crippen molar-refractivity contribution in [1.82, 2.24) is 9.80 Å². The zero-order valence-corrected chi connectivity index (χ0v) is 20.4. The average molecular weight is 467 g/mol. The Bertz CT molecular complexity index is 1280. The summed E-state index contributed by atoms with van der Waals surface area (Å²) in [6.45, 7) is 6.38. The first-order chi connectivity index (χ1) is 16.7. The van der Waals surface area contributed by atoms with Gasteiger partial charge in [-0.05, 0) is 41.5 Å². The zero-order valence-electron chi connectivity index (χ0n) is 19.6. The van der Waals surface area contributed by atoms with Crippen LogP contribution in [0.25, 0.3) is 16.2 Å². The molecule has 3 nitrogen and oxygen atoms in total. The SMILES string of the molecule is Cc1ccc(Cc2c(C(=O)N3CCN(C/C=C/c4ccccc4)CC3)sc3ccccc23)cc1. The minimum Gasteiger partial charge on any atom is -0.335 e. The molecule has 0 bridgehead atoms. The normalized spacial score (nSPS) is 14.8. The Kier molecular flexibility index (Phi) is 6.89. The summed E-state index contributed by atoms with van der Waals surface area (Å²) >= 11 is 1.64. The highest BCUT2D eigenvalue weighted by Gasteiger charge is 2.26. The first-order valence-electron chi connectivity index (χ1n) is 12.0. The van der Waals surface area contributed by atoms with E-state index in [1.165, 1.54) is 32.3 Å². The Morgan fingerprint density at radius 3 is 2.35 bits per heavy atom. The van der Waals surface area contributed by atoms with Crippen LogP contribution in [0, 0.1) is 6.92 Å². The summed E-state index contributed by atoms with van der Waals surface area (Å²) in [6, 6.07) is 27.5. The number of carbonyl (C=O) groups is 1. The molecule has 0 unspecified atom stereocenters. The average Bonchev–Trinajstić information content (AvgIpc) is 3.24. The van der Waals surface area contributed by atoms with E-state index in [-0.39, 0.29) is 5.91 Å². The molecule has 0 radical (unpaired) electrons. The second-order valence-electron chi connectivity index (χ2n) is 8.97. The van der Waals surface area contributed by atoms with E-state index in [0.29, 0.717) is 0 Å². The fourth-order valence-electron chi connectivity index (χ4n) is 4.54. The predicted octanol–water partition coefficient (Wildman–Crippen LogP) is 6.27. The second kappa shape index (κ2) is 10.4. The molecule has 0 saturated carbocycles. The van der Waals surface area contributed by atoms with Crippen molar-refractivity contribution in [1.29, 1.82) is 0 Å². The van der Waals surface area contributed by atoms with Gasteiger partial charge in [0.05, 0.1) is 4.88 Å². The maximum Gasteiger partial charge on any atom is 0.264 e. The minimum absolute atomic E-state index is 0.183. The maximum atomic E-state index is 13.6. The van der Waals surface area contributed by atoms with Gasteiger partial charge in [-0.25, -0.2) is 0 Å². The van der Waals surface area contributed by atoms with E-state index in [1.807, 2.05) is 11.0 Å². The maximum absolute atomic E-state index is 13.6. The molecule has 1 aliphatic rings. The van der Waals surface area contributed by atoms with Crippen molar-refractivity contribution in [2.24, 2.45) is 0 Å². The molecule has 0 aliphatic carbocycles. The largest absolute Gasteiger partial charge is 0.335 e. The first-order valence-corrected chi connectivity index (χ1v) is 12.8. The number of hydrogen-bond acceptors (Lipinski definition) is 3. The number of rotatable bonds is 6. The van der Waals surface area contributed by atoms with Gasteiger partial charge >= 0.3 is 0 Å². The molecule has 3 aromatic carbocycles. The Balaban J connectivity index is 1.28. The van der Waals surface area contributed by atoms with Crippen LogP contribution in [0.5, 0.6) is 0 Å². The van der Waals surface area contributed by atoms with Crippen LogP contribution in [0.1, 0.15) is 31.9 Å². The number of benzene rings is 3. The van der Waals surface area contributed by atoms with Crippen LogP contribution in [0.4, 0.5) is 0 Å². The van der Waals surface area contributed by atoms with Gasteiger partial charge in [-0.1, -0.05) is 90.5 Å². The summed E-state index contributed by atoms with van der Waals surface area (Å²) in [5, 5.41) is 1.21. The number of thiophene rings is 1. The number of carbonyl (C=O) groups excluding carboxylic acids is 1. The van der Waals surface area contributed by atoms with Crippen LogP contribution in [0.2, 0.25) is 0 Å². The van der Waals surface area contributed by atoms with Crippen molar-refractivity contribution < 1.29 is 4.79 Å². The quantitative estimate of drug-likeness (QED) is 0.334. The van der Waals surface area contributed by atoms with Crippen molar-refractivity contribution in [3.8, 4) is 0 Å². The molecule has 1 aromatic heterocycles. The predicted molar refractivity (Wildman–Crippen MR) is 144 cm³/mol. The molecule has 0 spiro atoms. The van der Waals surface area contributed by atoms with Crippen molar-refractivity contribution >= 4 is 33.4 Å². The minimum atomic E-state index is 0.183. The summed E-state index contributed by atoms with van der Waals surface area (Å²) in [7, 11) is 0. The molecule has 1 saturated heterocycles. The number of aryl methyl sites for hydroxylation is 1. The molecule has 1 aliphatic heterocycles. The highest BCUT2D eigenvalue weighted by Crippen LogP contribution is 2.34. The fraction of sp³-hybridized carbons (Fsp3) is 0.233. The molecular formula is C30H30N2OS. The second-order valence-corrected chi connectivity index (χ2v) is 10.0. The van der Waals surface area contributed by atoms with Crippen LogP contribution in [0.15, 0.2) is 84.9 Å². The molecule has 1 fully saturated rings. The standard InChI is InChI=1S/C30H30N2OS/c1-23-13-15-25(16-14-23)22-27-26-11-5-6-12-28(26)34-29(27)30(33)32-20-18-31(19-21-32)17-7-10-24-8-3-2-4-9-24/h2-16H,17-22H2,1H3/b10-7+. The number of nitrogens with zero attached hydrogens (tertiary/aromatic N) is 2. The highest BCUT2D eigenvalue weighted by molar-refractivity contribution is 7.21. The summed E-state index contributed by atoms with van der Waals surface area (Å²) in [6.07, 6.45) is 5.18. The third-order valence-corrected chi connectivity index (χ3v) is 7.73.